The van der Waals surface area contributed by atoms with Crippen molar-refractivity contribution in [3.63, 3.8) is 0 Å². The van der Waals surface area contributed by atoms with Crippen molar-refractivity contribution in [1.82, 2.24) is 5.32 Å². The van der Waals surface area contributed by atoms with E-state index in [4.69, 9.17) is 11.6 Å². The Kier molecular flexibility index (Phi) is 3.72. The normalized spacial score (nSPS) is 11.9. The molecule has 1 aromatic rings. The number of hydrogen-bond acceptors (Lipinski definition) is 2. The zero-order chi connectivity index (χ0) is 10.6. The van der Waals surface area contributed by atoms with Crippen LogP contribution in [0.3, 0.4) is 0 Å². The summed E-state index contributed by atoms with van der Waals surface area (Å²) < 4.78 is 0. The Hall–Kier alpha value is -1.28. The first-order valence-corrected chi connectivity index (χ1v) is 4.68. The lowest BCUT2D eigenvalue weighted by Crippen LogP contribution is -2.09. The molecule has 0 saturated heterocycles. The van der Waals surface area contributed by atoms with Gasteiger partial charge in [-0.25, -0.2) is 0 Å². The highest BCUT2D eigenvalue weighted by molar-refractivity contribution is 6.45. The van der Waals surface area contributed by atoms with Crippen LogP contribution in [-0.4, -0.2) is 12.8 Å². The van der Waals surface area contributed by atoms with E-state index >= 15 is 0 Å². The van der Waals surface area contributed by atoms with Gasteiger partial charge in [0.2, 0.25) is 0 Å². The van der Waals surface area contributed by atoms with E-state index in [1.807, 2.05) is 30.3 Å². The van der Waals surface area contributed by atoms with Crippen LogP contribution in [0.5, 0.6) is 0 Å². The van der Waals surface area contributed by atoms with Gasteiger partial charge >= 0.3 is 0 Å². The van der Waals surface area contributed by atoms with Gasteiger partial charge in [0.05, 0.1) is 5.70 Å². The summed E-state index contributed by atoms with van der Waals surface area (Å²) in [4.78, 5) is 11.1. The fourth-order valence-electron chi connectivity index (χ4n) is 1.16. The second-order valence-electron chi connectivity index (χ2n) is 2.86. The number of ketones is 1. The zero-order valence-electron chi connectivity index (χ0n) is 8.17. The Bertz CT molecular complexity index is 357. The smallest absolute Gasteiger partial charge is 0.173 e. The average Bonchev–Trinajstić information content (AvgIpc) is 2.20. The zero-order valence-corrected chi connectivity index (χ0v) is 8.93. The van der Waals surface area contributed by atoms with Gasteiger partial charge in [-0.05, 0) is 5.56 Å². The van der Waals surface area contributed by atoms with Gasteiger partial charge in [-0.15, -0.1) is 0 Å². The highest BCUT2D eigenvalue weighted by Gasteiger charge is 2.08. The summed E-state index contributed by atoms with van der Waals surface area (Å²) in [5.41, 5.74) is 1.58. The lowest BCUT2D eigenvalue weighted by atomic mass is 10.1. The highest BCUT2D eigenvalue weighted by atomic mass is 35.5. The third kappa shape index (κ3) is 2.36. The van der Waals surface area contributed by atoms with Crippen molar-refractivity contribution in [2.45, 2.75) is 6.92 Å². The van der Waals surface area contributed by atoms with Crippen LogP contribution in [0.15, 0.2) is 35.4 Å². The SMILES string of the molecule is CN/C(=C(/Cl)C(C)=O)c1ccccc1. The minimum Gasteiger partial charge on any atom is -0.386 e. The third-order valence-corrected chi connectivity index (χ3v) is 2.30. The number of carbonyl (C=O) groups excluding carboxylic acids is 1. The van der Waals surface area contributed by atoms with Gasteiger partial charge in [-0.3, -0.25) is 4.79 Å². The fourth-order valence-corrected chi connectivity index (χ4v) is 1.37. The Balaban J connectivity index is 3.17. The molecule has 0 aliphatic carbocycles. The molecule has 3 heteroatoms. The summed E-state index contributed by atoms with van der Waals surface area (Å²) in [6, 6.07) is 9.51. The molecule has 0 unspecified atom stereocenters. The molecule has 0 bridgehead atoms. The number of hydrogen-bond donors (Lipinski definition) is 1. The number of halogens is 1. The average molecular weight is 210 g/mol. The Morgan fingerprint density at radius 1 is 1.29 bits per heavy atom. The Morgan fingerprint density at radius 3 is 2.29 bits per heavy atom. The molecule has 0 radical (unpaired) electrons. The van der Waals surface area contributed by atoms with Crippen molar-refractivity contribution in [2.24, 2.45) is 0 Å². The molecule has 14 heavy (non-hydrogen) atoms. The van der Waals surface area contributed by atoms with E-state index < -0.39 is 0 Å². The maximum Gasteiger partial charge on any atom is 0.173 e. The summed E-state index contributed by atoms with van der Waals surface area (Å²) >= 11 is 5.88. The van der Waals surface area contributed by atoms with Gasteiger partial charge in [0, 0.05) is 14.0 Å². The summed E-state index contributed by atoms with van der Waals surface area (Å²) in [6.07, 6.45) is 0. The molecule has 74 valence electrons. The summed E-state index contributed by atoms with van der Waals surface area (Å²) in [6.45, 7) is 1.45. The van der Waals surface area contributed by atoms with Crippen LogP contribution in [-0.2, 0) is 4.79 Å². The molecule has 0 aromatic heterocycles. The highest BCUT2D eigenvalue weighted by Crippen LogP contribution is 2.18. The molecule has 1 aromatic carbocycles. The molecular formula is C11H12ClNO. The summed E-state index contributed by atoms with van der Waals surface area (Å²) in [7, 11) is 1.74. The van der Waals surface area contributed by atoms with Crippen molar-refractivity contribution < 1.29 is 4.79 Å². The predicted molar refractivity (Wildman–Crippen MR) is 59.0 cm³/mol. The predicted octanol–water partition coefficient (Wildman–Crippen LogP) is 2.40. The van der Waals surface area contributed by atoms with Crippen molar-refractivity contribution in [1.29, 1.82) is 0 Å². The van der Waals surface area contributed by atoms with E-state index in [1.54, 1.807) is 7.05 Å². The lowest BCUT2D eigenvalue weighted by molar-refractivity contribution is -0.113. The maximum atomic E-state index is 11.1. The molecule has 0 aliphatic heterocycles. The molecule has 1 rings (SSSR count). The molecule has 0 spiro atoms. The lowest BCUT2D eigenvalue weighted by Gasteiger charge is -2.08. The van der Waals surface area contributed by atoms with E-state index in [0.717, 1.165) is 5.56 Å². The minimum absolute atomic E-state index is 0.139. The number of Topliss-reactive ketones (excluding diaryl/α,β-unsaturated/α-hetero) is 1. The quantitative estimate of drug-likeness (QED) is 0.775. The molecular weight excluding hydrogens is 198 g/mol. The van der Waals surface area contributed by atoms with Crippen LogP contribution >= 0.6 is 11.6 Å². The van der Waals surface area contributed by atoms with Crippen LogP contribution in [0.2, 0.25) is 0 Å². The van der Waals surface area contributed by atoms with Crippen LogP contribution < -0.4 is 5.32 Å². The molecule has 0 atom stereocenters. The first-order chi connectivity index (χ1) is 6.66. The summed E-state index contributed by atoms with van der Waals surface area (Å²) in [5, 5.41) is 3.16. The minimum atomic E-state index is -0.139. The number of carbonyl (C=O) groups is 1. The topological polar surface area (TPSA) is 29.1 Å². The van der Waals surface area contributed by atoms with Crippen molar-refractivity contribution in [3.8, 4) is 0 Å². The van der Waals surface area contributed by atoms with Crippen LogP contribution in [0.1, 0.15) is 12.5 Å². The van der Waals surface area contributed by atoms with E-state index in [0.29, 0.717) is 5.70 Å². The van der Waals surface area contributed by atoms with E-state index in [-0.39, 0.29) is 10.8 Å². The standard InChI is InChI=1S/C11H12ClNO/c1-8(14)10(12)11(13-2)9-6-4-3-5-7-9/h3-7,13H,1-2H3/b11-10+. The van der Waals surface area contributed by atoms with Gasteiger partial charge < -0.3 is 5.32 Å². The van der Waals surface area contributed by atoms with E-state index in [9.17, 15) is 4.79 Å². The third-order valence-electron chi connectivity index (χ3n) is 1.84. The monoisotopic (exact) mass is 209 g/mol. The fraction of sp³-hybridized carbons (Fsp3) is 0.182. The largest absolute Gasteiger partial charge is 0.386 e. The summed E-state index contributed by atoms with van der Waals surface area (Å²) in [5.74, 6) is -0.139. The first-order valence-electron chi connectivity index (χ1n) is 4.30. The van der Waals surface area contributed by atoms with Gasteiger partial charge in [0.1, 0.15) is 5.03 Å². The van der Waals surface area contributed by atoms with Crippen molar-refractivity contribution in [2.75, 3.05) is 7.05 Å². The van der Waals surface area contributed by atoms with Gasteiger partial charge in [0.15, 0.2) is 5.78 Å². The Morgan fingerprint density at radius 2 is 1.86 bits per heavy atom. The molecule has 0 fully saturated rings. The van der Waals surface area contributed by atoms with Gasteiger partial charge in [-0.1, -0.05) is 41.9 Å². The molecule has 0 heterocycles. The Labute approximate surface area is 88.6 Å². The van der Waals surface area contributed by atoms with Gasteiger partial charge in [0.25, 0.3) is 0 Å². The number of allylic oxidation sites excluding steroid dienone is 1. The number of rotatable bonds is 3. The second kappa shape index (κ2) is 4.82. The molecule has 0 amide bonds. The maximum absolute atomic E-state index is 11.1. The van der Waals surface area contributed by atoms with Crippen molar-refractivity contribution in [3.05, 3.63) is 40.9 Å². The van der Waals surface area contributed by atoms with Crippen LogP contribution in [0.4, 0.5) is 0 Å². The van der Waals surface area contributed by atoms with E-state index in [2.05, 4.69) is 5.32 Å². The molecule has 0 saturated carbocycles. The van der Waals surface area contributed by atoms with Crippen molar-refractivity contribution >= 4 is 23.1 Å². The van der Waals surface area contributed by atoms with E-state index in [1.165, 1.54) is 6.92 Å². The molecule has 2 nitrogen and oxygen atoms in total. The number of nitrogens with one attached hydrogen (secondary N) is 1. The molecule has 0 aliphatic rings. The first kappa shape index (κ1) is 10.8. The van der Waals surface area contributed by atoms with Crippen LogP contribution in [0.25, 0.3) is 5.70 Å². The number of benzene rings is 1. The van der Waals surface area contributed by atoms with Gasteiger partial charge in [-0.2, -0.15) is 0 Å². The second-order valence-corrected chi connectivity index (χ2v) is 3.24. The van der Waals surface area contributed by atoms with Crippen LogP contribution in [0, 0.1) is 0 Å². The molecule has 1 N–H and O–H groups in total.